The van der Waals surface area contributed by atoms with E-state index in [2.05, 4.69) is 33.1 Å². The molecule has 4 rings (SSSR count). The molecular formula is C16H15N3O2S. The van der Waals surface area contributed by atoms with E-state index in [-0.39, 0.29) is 11.0 Å². The Labute approximate surface area is 131 Å². The van der Waals surface area contributed by atoms with Crippen LogP contribution in [0.2, 0.25) is 0 Å². The Morgan fingerprint density at radius 2 is 2.00 bits per heavy atom. The van der Waals surface area contributed by atoms with E-state index < -0.39 is 0 Å². The second-order valence-corrected chi connectivity index (χ2v) is 6.00. The molecule has 0 amide bonds. The van der Waals surface area contributed by atoms with Gasteiger partial charge in [-0.3, -0.25) is 4.79 Å². The number of aromatic nitrogens is 2. The molecule has 1 aliphatic rings. The number of para-hydroxylation sites is 1. The summed E-state index contributed by atoms with van der Waals surface area (Å²) in [5, 5.41) is 1.33. The lowest BCUT2D eigenvalue weighted by Crippen LogP contribution is -2.26. The standard InChI is InChI=1S/C16H13N3OS.H2O/c20-14-12-7-3-9-17-15(12)21-16(18-14)19-10-4-6-11-5-1-2-8-13(11)19;/h1-3,5,7-9H,4,6,10H2;1H2. The number of hydrogen-bond donors (Lipinski definition) is 0. The highest BCUT2D eigenvalue weighted by molar-refractivity contribution is 7.21. The molecular weight excluding hydrogens is 298 g/mol. The van der Waals surface area contributed by atoms with Gasteiger partial charge in [0.05, 0.1) is 5.39 Å². The minimum atomic E-state index is -0.199. The molecule has 0 bridgehead atoms. The van der Waals surface area contributed by atoms with E-state index in [1.54, 1.807) is 18.3 Å². The number of anilines is 2. The van der Waals surface area contributed by atoms with E-state index in [9.17, 15) is 4.79 Å². The Morgan fingerprint density at radius 3 is 2.91 bits per heavy atom. The van der Waals surface area contributed by atoms with Crippen LogP contribution in [0, 0.1) is 0 Å². The van der Waals surface area contributed by atoms with Gasteiger partial charge < -0.3 is 10.4 Å². The van der Waals surface area contributed by atoms with Crippen LogP contribution in [0.1, 0.15) is 12.0 Å². The summed E-state index contributed by atoms with van der Waals surface area (Å²) in [5.74, 6) is 0. The third kappa shape index (κ3) is 2.36. The predicted octanol–water partition coefficient (Wildman–Crippen LogP) is 2.31. The van der Waals surface area contributed by atoms with Crippen LogP contribution in [0.15, 0.2) is 47.4 Å². The summed E-state index contributed by atoms with van der Waals surface area (Å²) < 4.78 is 0. The van der Waals surface area contributed by atoms with Crippen molar-refractivity contribution in [3.05, 3.63) is 58.5 Å². The molecule has 3 aromatic rings. The van der Waals surface area contributed by atoms with Crippen LogP contribution in [-0.4, -0.2) is 22.0 Å². The molecule has 5 nitrogen and oxygen atoms in total. The lowest BCUT2D eigenvalue weighted by molar-refractivity contribution is 0.764. The summed E-state index contributed by atoms with van der Waals surface area (Å²) in [6, 6.07) is 11.9. The van der Waals surface area contributed by atoms with E-state index in [1.807, 2.05) is 6.07 Å². The third-order valence-corrected chi connectivity index (χ3v) is 4.74. The minimum absolute atomic E-state index is 0. The van der Waals surface area contributed by atoms with E-state index >= 15 is 0 Å². The van der Waals surface area contributed by atoms with Crippen molar-refractivity contribution in [2.45, 2.75) is 12.8 Å². The van der Waals surface area contributed by atoms with Crippen molar-refractivity contribution in [2.24, 2.45) is 0 Å². The van der Waals surface area contributed by atoms with Gasteiger partial charge in [0.25, 0.3) is 5.56 Å². The van der Waals surface area contributed by atoms with E-state index in [0.29, 0.717) is 5.39 Å². The first-order chi connectivity index (χ1) is 10.3. The maximum atomic E-state index is 12.2. The molecule has 0 fully saturated rings. The molecule has 0 unspecified atom stereocenters. The van der Waals surface area contributed by atoms with Crippen molar-refractivity contribution in [1.82, 2.24) is 9.97 Å². The molecule has 1 aromatic carbocycles. The second-order valence-electron chi connectivity index (χ2n) is 5.04. The maximum Gasteiger partial charge on any atom is 0.282 e. The van der Waals surface area contributed by atoms with Crippen LogP contribution >= 0.6 is 11.3 Å². The smallest absolute Gasteiger partial charge is 0.282 e. The molecule has 3 heterocycles. The number of aryl methyl sites for hydroxylation is 1. The monoisotopic (exact) mass is 313 g/mol. The number of benzene rings is 1. The van der Waals surface area contributed by atoms with Gasteiger partial charge in [-0.05, 0) is 36.6 Å². The molecule has 0 saturated heterocycles. The lowest BCUT2D eigenvalue weighted by atomic mass is 10.0. The molecule has 2 N–H and O–H groups in total. The van der Waals surface area contributed by atoms with Crippen LogP contribution in [0.3, 0.4) is 0 Å². The summed E-state index contributed by atoms with van der Waals surface area (Å²) in [7, 11) is 0. The zero-order chi connectivity index (χ0) is 14.2. The second kappa shape index (κ2) is 5.82. The van der Waals surface area contributed by atoms with Crippen molar-refractivity contribution in [3.63, 3.8) is 0 Å². The van der Waals surface area contributed by atoms with Crippen molar-refractivity contribution >= 4 is 32.4 Å². The van der Waals surface area contributed by atoms with E-state index in [0.717, 1.165) is 35.0 Å². The van der Waals surface area contributed by atoms with Gasteiger partial charge >= 0.3 is 0 Å². The Balaban J connectivity index is 0.00000144. The van der Waals surface area contributed by atoms with Crippen molar-refractivity contribution in [1.29, 1.82) is 0 Å². The van der Waals surface area contributed by atoms with E-state index in [1.165, 1.54) is 16.9 Å². The Morgan fingerprint density at radius 1 is 1.14 bits per heavy atom. The van der Waals surface area contributed by atoms with Gasteiger partial charge in [0.15, 0.2) is 5.13 Å². The summed E-state index contributed by atoms with van der Waals surface area (Å²) in [6.45, 7) is 0.887. The highest BCUT2D eigenvalue weighted by Gasteiger charge is 2.20. The third-order valence-electron chi connectivity index (χ3n) is 3.73. The fourth-order valence-corrected chi connectivity index (χ4v) is 3.72. The molecule has 0 saturated carbocycles. The SMILES string of the molecule is O.O=c1nc(N2CCCc3ccccc32)sc2ncccc12. The van der Waals surface area contributed by atoms with Crippen molar-refractivity contribution in [2.75, 3.05) is 11.4 Å². The van der Waals surface area contributed by atoms with Crippen LogP contribution in [0.5, 0.6) is 0 Å². The average Bonchev–Trinajstić information content (AvgIpc) is 2.54. The summed E-state index contributed by atoms with van der Waals surface area (Å²) >= 11 is 1.47. The highest BCUT2D eigenvalue weighted by Crippen LogP contribution is 2.34. The van der Waals surface area contributed by atoms with Gasteiger partial charge in [-0.2, -0.15) is 4.98 Å². The zero-order valence-corrected chi connectivity index (χ0v) is 12.6. The fraction of sp³-hybridized carbons (Fsp3) is 0.188. The fourth-order valence-electron chi connectivity index (χ4n) is 2.74. The first-order valence-electron chi connectivity index (χ1n) is 6.94. The molecule has 0 radical (unpaired) electrons. The number of nitrogens with zero attached hydrogens (tertiary/aromatic N) is 3. The molecule has 112 valence electrons. The minimum Gasteiger partial charge on any atom is -0.412 e. The molecule has 6 heteroatoms. The number of fused-ring (bicyclic) bond motifs is 2. The largest absolute Gasteiger partial charge is 0.412 e. The first kappa shape index (κ1) is 14.6. The summed E-state index contributed by atoms with van der Waals surface area (Å²) in [4.78, 5) is 23.6. The average molecular weight is 313 g/mol. The molecule has 0 atom stereocenters. The quantitative estimate of drug-likeness (QED) is 0.690. The Hall–Kier alpha value is -2.31. The highest BCUT2D eigenvalue weighted by atomic mass is 32.1. The Kier molecular flexibility index (Phi) is 3.87. The zero-order valence-electron chi connectivity index (χ0n) is 11.8. The van der Waals surface area contributed by atoms with Crippen LogP contribution < -0.4 is 10.5 Å². The van der Waals surface area contributed by atoms with Gasteiger partial charge in [0.1, 0.15) is 4.83 Å². The lowest BCUT2D eigenvalue weighted by Gasteiger charge is -2.29. The number of pyridine rings is 1. The topological polar surface area (TPSA) is 77.6 Å². The van der Waals surface area contributed by atoms with E-state index in [4.69, 9.17) is 0 Å². The number of hydrogen-bond acceptors (Lipinski definition) is 5. The predicted molar refractivity (Wildman–Crippen MR) is 89.1 cm³/mol. The molecule has 0 spiro atoms. The van der Waals surface area contributed by atoms with Gasteiger partial charge in [-0.15, -0.1) is 0 Å². The molecule has 1 aliphatic heterocycles. The van der Waals surface area contributed by atoms with Gasteiger partial charge in [0.2, 0.25) is 0 Å². The first-order valence-corrected chi connectivity index (χ1v) is 7.76. The molecule has 22 heavy (non-hydrogen) atoms. The Bertz CT molecular complexity index is 878. The van der Waals surface area contributed by atoms with Crippen LogP contribution in [0.4, 0.5) is 10.8 Å². The summed E-state index contributed by atoms with van der Waals surface area (Å²) in [6.07, 6.45) is 3.86. The van der Waals surface area contributed by atoms with Crippen molar-refractivity contribution in [3.8, 4) is 0 Å². The van der Waals surface area contributed by atoms with Crippen molar-refractivity contribution < 1.29 is 5.48 Å². The van der Waals surface area contributed by atoms with Gasteiger partial charge in [0, 0.05) is 18.4 Å². The number of rotatable bonds is 1. The van der Waals surface area contributed by atoms with Crippen LogP contribution in [0.25, 0.3) is 10.2 Å². The van der Waals surface area contributed by atoms with Gasteiger partial charge in [-0.1, -0.05) is 29.5 Å². The maximum absolute atomic E-state index is 12.2. The normalized spacial score (nSPS) is 13.5. The van der Waals surface area contributed by atoms with Crippen LogP contribution in [-0.2, 0) is 6.42 Å². The summed E-state index contributed by atoms with van der Waals surface area (Å²) in [5.41, 5.74) is 2.27. The molecule has 2 aromatic heterocycles. The molecule has 0 aliphatic carbocycles. The van der Waals surface area contributed by atoms with Gasteiger partial charge in [-0.25, -0.2) is 4.98 Å².